The number of aromatic nitrogens is 4. The van der Waals surface area contributed by atoms with Crippen molar-refractivity contribution in [2.24, 2.45) is 7.05 Å². The van der Waals surface area contributed by atoms with E-state index in [1.54, 1.807) is 24.5 Å². The summed E-state index contributed by atoms with van der Waals surface area (Å²) in [5.74, 6) is 0.361. The summed E-state index contributed by atoms with van der Waals surface area (Å²) in [5, 5.41) is 6.31. The summed E-state index contributed by atoms with van der Waals surface area (Å²) in [5.41, 5.74) is 9.31. The van der Waals surface area contributed by atoms with E-state index in [2.05, 4.69) is 10.1 Å². The van der Waals surface area contributed by atoms with Crippen molar-refractivity contribution in [1.82, 2.24) is 19.7 Å². The van der Waals surface area contributed by atoms with E-state index in [9.17, 15) is 4.79 Å². The molecule has 1 aromatic carbocycles. The van der Waals surface area contributed by atoms with Gasteiger partial charge in [0.2, 0.25) is 0 Å². The highest BCUT2D eigenvalue weighted by atomic mass is 32.1. The predicted molar refractivity (Wildman–Crippen MR) is 104 cm³/mol. The topological polar surface area (TPSA) is 86.7 Å². The summed E-state index contributed by atoms with van der Waals surface area (Å²) < 4.78 is 1.28. The first-order valence-corrected chi connectivity index (χ1v) is 8.83. The van der Waals surface area contributed by atoms with Gasteiger partial charge in [-0.25, -0.2) is 14.6 Å². The molecule has 128 valence electrons. The van der Waals surface area contributed by atoms with Crippen molar-refractivity contribution in [1.29, 1.82) is 0 Å². The van der Waals surface area contributed by atoms with Gasteiger partial charge in [-0.2, -0.15) is 5.10 Å². The standard InChI is InChI=1S/C19H15N5OS/c1-24-15(25)10-9-13(23-24)17-16(12-6-3-2-4-7-12)22-19(20)18(21-17)14-8-5-11-26-14/h2-11H,1H3,(H2,20,22). The average Bonchev–Trinajstić information content (AvgIpc) is 3.19. The van der Waals surface area contributed by atoms with E-state index in [-0.39, 0.29) is 5.56 Å². The number of anilines is 1. The molecule has 0 atom stereocenters. The number of aryl methyl sites for hydroxylation is 1. The van der Waals surface area contributed by atoms with Crippen LogP contribution < -0.4 is 11.3 Å². The third kappa shape index (κ3) is 2.89. The van der Waals surface area contributed by atoms with E-state index in [0.717, 1.165) is 10.4 Å². The second kappa shape index (κ2) is 6.53. The Morgan fingerprint density at radius 1 is 0.923 bits per heavy atom. The van der Waals surface area contributed by atoms with Gasteiger partial charge in [-0.05, 0) is 17.5 Å². The van der Waals surface area contributed by atoms with E-state index in [0.29, 0.717) is 28.6 Å². The molecule has 2 N–H and O–H groups in total. The number of nitrogen functional groups attached to an aromatic ring is 1. The predicted octanol–water partition coefficient (Wildman–Crippen LogP) is 3.22. The molecule has 3 heterocycles. The van der Waals surface area contributed by atoms with E-state index >= 15 is 0 Å². The minimum Gasteiger partial charge on any atom is -0.382 e. The second-order valence-electron chi connectivity index (χ2n) is 5.68. The number of nitrogens with zero attached hydrogens (tertiary/aromatic N) is 4. The van der Waals surface area contributed by atoms with Gasteiger partial charge >= 0.3 is 0 Å². The van der Waals surface area contributed by atoms with Gasteiger partial charge in [0.05, 0.1) is 4.88 Å². The Labute approximate surface area is 153 Å². The lowest BCUT2D eigenvalue weighted by atomic mass is 10.1. The molecule has 0 aliphatic heterocycles. The van der Waals surface area contributed by atoms with Crippen molar-refractivity contribution in [3.63, 3.8) is 0 Å². The van der Waals surface area contributed by atoms with Crippen LogP contribution in [0.1, 0.15) is 0 Å². The van der Waals surface area contributed by atoms with Gasteiger partial charge in [0.15, 0.2) is 5.82 Å². The third-order valence-corrected chi connectivity index (χ3v) is 4.80. The summed E-state index contributed by atoms with van der Waals surface area (Å²) in [6.07, 6.45) is 0. The average molecular weight is 361 g/mol. The molecule has 7 heteroatoms. The first kappa shape index (κ1) is 16.2. The number of hydrogen-bond donors (Lipinski definition) is 1. The molecule has 0 radical (unpaired) electrons. The van der Waals surface area contributed by atoms with Crippen molar-refractivity contribution in [3.05, 3.63) is 70.3 Å². The molecule has 0 unspecified atom stereocenters. The highest BCUT2D eigenvalue weighted by Crippen LogP contribution is 2.34. The maximum absolute atomic E-state index is 11.7. The number of rotatable bonds is 3. The quantitative estimate of drug-likeness (QED) is 0.605. The van der Waals surface area contributed by atoms with Crippen LogP contribution in [0.3, 0.4) is 0 Å². The van der Waals surface area contributed by atoms with Gasteiger partial charge in [-0.3, -0.25) is 4.79 Å². The Morgan fingerprint density at radius 3 is 2.42 bits per heavy atom. The summed E-state index contributed by atoms with van der Waals surface area (Å²) in [4.78, 5) is 22.0. The highest BCUT2D eigenvalue weighted by molar-refractivity contribution is 7.13. The molecule has 0 aliphatic rings. The number of hydrogen-bond acceptors (Lipinski definition) is 6. The zero-order valence-electron chi connectivity index (χ0n) is 14.0. The maximum Gasteiger partial charge on any atom is 0.266 e. The second-order valence-corrected chi connectivity index (χ2v) is 6.63. The summed E-state index contributed by atoms with van der Waals surface area (Å²) in [6.45, 7) is 0. The van der Waals surface area contributed by atoms with Crippen LogP contribution in [0.15, 0.2) is 64.8 Å². The van der Waals surface area contributed by atoms with Gasteiger partial charge < -0.3 is 5.73 Å². The van der Waals surface area contributed by atoms with Gasteiger partial charge in [-0.1, -0.05) is 36.4 Å². The normalized spacial score (nSPS) is 10.8. The fourth-order valence-electron chi connectivity index (χ4n) is 2.65. The molecule has 3 aromatic heterocycles. The molecule has 0 bridgehead atoms. The Morgan fingerprint density at radius 2 is 1.73 bits per heavy atom. The monoisotopic (exact) mass is 361 g/mol. The minimum absolute atomic E-state index is 0.183. The molecule has 0 aliphatic carbocycles. The van der Waals surface area contributed by atoms with E-state index in [1.807, 2.05) is 47.8 Å². The van der Waals surface area contributed by atoms with Crippen LogP contribution in [0.2, 0.25) is 0 Å². The Balaban J connectivity index is 2.00. The first-order valence-electron chi connectivity index (χ1n) is 7.95. The lowest BCUT2D eigenvalue weighted by Gasteiger charge is -2.12. The van der Waals surface area contributed by atoms with Crippen molar-refractivity contribution in [3.8, 4) is 33.2 Å². The third-order valence-electron chi connectivity index (χ3n) is 3.93. The molecule has 0 saturated carbocycles. The minimum atomic E-state index is -0.183. The lowest BCUT2D eigenvalue weighted by Crippen LogP contribution is -2.18. The van der Waals surface area contributed by atoms with Crippen molar-refractivity contribution >= 4 is 17.2 Å². The fourth-order valence-corrected chi connectivity index (χ4v) is 3.37. The van der Waals surface area contributed by atoms with Crippen molar-refractivity contribution < 1.29 is 0 Å². The molecule has 4 aromatic rings. The Bertz CT molecular complexity index is 1120. The molecule has 0 fully saturated rings. The Hall–Kier alpha value is -3.32. The molecule has 0 spiro atoms. The van der Waals surface area contributed by atoms with Crippen LogP contribution >= 0.6 is 11.3 Å². The van der Waals surface area contributed by atoms with Crippen molar-refractivity contribution in [2.75, 3.05) is 5.73 Å². The summed E-state index contributed by atoms with van der Waals surface area (Å²) in [7, 11) is 1.61. The SMILES string of the molecule is Cn1nc(-c2nc(-c3cccs3)c(N)nc2-c2ccccc2)ccc1=O. The molecular weight excluding hydrogens is 346 g/mol. The van der Waals surface area contributed by atoms with Crippen LogP contribution in [0.5, 0.6) is 0 Å². The van der Waals surface area contributed by atoms with E-state index in [1.165, 1.54) is 10.7 Å². The number of benzene rings is 1. The van der Waals surface area contributed by atoms with Crippen LogP contribution in [0, 0.1) is 0 Å². The zero-order chi connectivity index (χ0) is 18.1. The summed E-state index contributed by atoms with van der Waals surface area (Å²) >= 11 is 1.54. The molecule has 4 rings (SSSR count). The molecule has 26 heavy (non-hydrogen) atoms. The smallest absolute Gasteiger partial charge is 0.266 e. The highest BCUT2D eigenvalue weighted by Gasteiger charge is 2.18. The molecular formula is C19H15N5OS. The molecule has 0 saturated heterocycles. The summed E-state index contributed by atoms with van der Waals surface area (Å²) in [6, 6.07) is 16.7. The number of nitrogens with two attached hydrogens (primary N) is 1. The number of thiophene rings is 1. The largest absolute Gasteiger partial charge is 0.382 e. The van der Waals surface area contributed by atoms with Crippen molar-refractivity contribution in [2.45, 2.75) is 0 Å². The van der Waals surface area contributed by atoms with Gasteiger partial charge in [0.25, 0.3) is 5.56 Å². The van der Waals surface area contributed by atoms with Gasteiger partial charge in [-0.15, -0.1) is 11.3 Å². The van der Waals surface area contributed by atoms with Crippen LogP contribution in [-0.2, 0) is 7.05 Å². The van der Waals surface area contributed by atoms with Gasteiger partial charge in [0.1, 0.15) is 22.8 Å². The van der Waals surface area contributed by atoms with Crippen LogP contribution in [-0.4, -0.2) is 19.7 Å². The lowest BCUT2D eigenvalue weighted by molar-refractivity contribution is 0.711. The van der Waals surface area contributed by atoms with Gasteiger partial charge in [0, 0.05) is 18.7 Å². The van der Waals surface area contributed by atoms with E-state index < -0.39 is 0 Å². The molecule has 0 amide bonds. The maximum atomic E-state index is 11.7. The fraction of sp³-hybridized carbons (Fsp3) is 0.0526. The van der Waals surface area contributed by atoms with E-state index in [4.69, 9.17) is 10.7 Å². The molecule has 6 nitrogen and oxygen atoms in total. The van der Waals surface area contributed by atoms with Crippen LogP contribution in [0.25, 0.3) is 33.2 Å². The first-order chi connectivity index (χ1) is 12.6. The Kier molecular flexibility index (Phi) is 4.06. The zero-order valence-corrected chi connectivity index (χ0v) is 14.8. The van der Waals surface area contributed by atoms with Crippen LogP contribution in [0.4, 0.5) is 5.82 Å².